The van der Waals surface area contributed by atoms with Crippen LogP contribution in [-0.2, 0) is 12.8 Å². The molecule has 1 amide bonds. The minimum Gasteiger partial charge on any atom is -0.366 e. The summed E-state index contributed by atoms with van der Waals surface area (Å²) < 4.78 is 0. The topological polar surface area (TPSA) is 58.9 Å². The molecule has 1 aliphatic carbocycles. The molecule has 3 heteroatoms. The number of hydrogen-bond acceptors (Lipinski definition) is 1. The zero-order chi connectivity index (χ0) is 15.4. The number of H-pyrrole nitrogens is 1. The lowest BCUT2D eigenvalue weighted by Crippen LogP contribution is -2.09. The van der Waals surface area contributed by atoms with Crippen LogP contribution in [0.3, 0.4) is 0 Å². The maximum Gasteiger partial charge on any atom is 0.248 e. The summed E-state index contributed by atoms with van der Waals surface area (Å²) in [6.07, 6.45) is 5.21. The van der Waals surface area contributed by atoms with Crippen LogP contribution in [0.2, 0.25) is 0 Å². The van der Waals surface area contributed by atoms with E-state index in [1.165, 1.54) is 42.3 Å². The summed E-state index contributed by atoms with van der Waals surface area (Å²) in [5.74, 6) is -0.379. The molecule has 0 unspecified atom stereocenters. The molecular formula is C19H20N2O. The first kappa shape index (κ1) is 14.4. The van der Waals surface area contributed by atoms with E-state index in [0.29, 0.717) is 5.56 Å². The second-order valence-electron chi connectivity index (χ2n) is 5.57. The summed E-state index contributed by atoms with van der Waals surface area (Å²) in [5, 5.41) is 1.44. The second-order valence-corrected chi connectivity index (χ2v) is 5.57. The molecular weight excluding hydrogens is 272 g/mol. The highest BCUT2D eigenvalue weighted by molar-refractivity contribution is 5.92. The van der Waals surface area contributed by atoms with Crippen LogP contribution in [0.4, 0.5) is 0 Å². The van der Waals surface area contributed by atoms with Crippen LogP contribution in [0, 0.1) is 0 Å². The highest BCUT2D eigenvalue weighted by Crippen LogP contribution is 2.28. The maximum atomic E-state index is 10.4. The summed E-state index contributed by atoms with van der Waals surface area (Å²) in [6.45, 7) is 0. The monoisotopic (exact) mass is 292 g/mol. The van der Waals surface area contributed by atoms with E-state index in [4.69, 9.17) is 5.73 Å². The van der Waals surface area contributed by atoms with Gasteiger partial charge in [0.15, 0.2) is 0 Å². The van der Waals surface area contributed by atoms with Gasteiger partial charge in [-0.3, -0.25) is 4.79 Å². The molecule has 0 bridgehead atoms. The summed E-state index contributed by atoms with van der Waals surface area (Å²) in [6, 6.07) is 17.4. The quantitative estimate of drug-likeness (QED) is 0.703. The number of aromatic amines is 1. The van der Waals surface area contributed by atoms with Gasteiger partial charge in [0, 0.05) is 22.2 Å². The van der Waals surface area contributed by atoms with Crippen LogP contribution in [0.1, 0.15) is 34.5 Å². The molecule has 2 aromatic carbocycles. The van der Waals surface area contributed by atoms with E-state index in [2.05, 4.69) is 29.2 Å². The minimum absolute atomic E-state index is 0.379. The average Bonchev–Trinajstić information content (AvgIpc) is 2.95. The lowest BCUT2D eigenvalue weighted by molar-refractivity contribution is 0.100. The van der Waals surface area contributed by atoms with E-state index in [0.717, 1.165) is 0 Å². The molecule has 3 N–H and O–H groups in total. The molecule has 1 aromatic heterocycles. The lowest BCUT2D eigenvalue weighted by Gasteiger charge is -2.10. The second kappa shape index (κ2) is 6.48. The van der Waals surface area contributed by atoms with Gasteiger partial charge in [0.05, 0.1) is 0 Å². The number of para-hydroxylation sites is 1. The van der Waals surface area contributed by atoms with Gasteiger partial charge in [0.25, 0.3) is 0 Å². The number of hydrogen-bond donors (Lipinski definition) is 2. The number of aromatic nitrogens is 1. The Morgan fingerprint density at radius 1 is 0.909 bits per heavy atom. The van der Waals surface area contributed by atoms with Crippen molar-refractivity contribution in [2.45, 2.75) is 25.7 Å². The van der Waals surface area contributed by atoms with Crippen molar-refractivity contribution in [3.63, 3.8) is 0 Å². The fourth-order valence-electron chi connectivity index (χ4n) is 2.96. The first-order valence-corrected chi connectivity index (χ1v) is 7.69. The Morgan fingerprint density at radius 3 is 2.32 bits per heavy atom. The summed E-state index contributed by atoms with van der Waals surface area (Å²) in [7, 11) is 0. The molecule has 112 valence electrons. The van der Waals surface area contributed by atoms with Crippen molar-refractivity contribution in [3.05, 3.63) is 71.4 Å². The zero-order valence-corrected chi connectivity index (χ0v) is 12.5. The number of aryl methyl sites for hydroxylation is 2. The molecule has 3 aromatic rings. The fourth-order valence-corrected chi connectivity index (χ4v) is 2.96. The Labute approximate surface area is 130 Å². The number of benzene rings is 2. The third-order valence-electron chi connectivity index (χ3n) is 4.06. The summed E-state index contributed by atoms with van der Waals surface area (Å²) in [4.78, 5) is 13.9. The van der Waals surface area contributed by atoms with Gasteiger partial charge in [-0.2, -0.15) is 0 Å². The van der Waals surface area contributed by atoms with Gasteiger partial charge < -0.3 is 10.7 Å². The number of rotatable bonds is 1. The van der Waals surface area contributed by atoms with Crippen molar-refractivity contribution in [2.24, 2.45) is 5.73 Å². The largest absolute Gasteiger partial charge is 0.366 e. The van der Waals surface area contributed by atoms with Crippen LogP contribution in [-0.4, -0.2) is 10.9 Å². The minimum atomic E-state index is -0.379. The Kier molecular flexibility index (Phi) is 4.24. The molecule has 0 aliphatic heterocycles. The third kappa shape index (κ3) is 3.03. The molecule has 0 atom stereocenters. The van der Waals surface area contributed by atoms with Crippen molar-refractivity contribution in [3.8, 4) is 0 Å². The van der Waals surface area contributed by atoms with Crippen LogP contribution >= 0.6 is 0 Å². The van der Waals surface area contributed by atoms with Gasteiger partial charge in [-0.05, 0) is 49.4 Å². The predicted octanol–water partition coefficient (Wildman–Crippen LogP) is 3.83. The van der Waals surface area contributed by atoms with Crippen LogP contribution < -0.4 is 5.73 Å². The lowest BCUT2D eigenvalue weighted by atomic mass is 9.96. The van der Waals surface area contributed by atoms with E-state index in [1.807, 2.05) is 6.07 Å². The van der Waals surface area contributed by atoms with Crippen LogP contribution in [0.25, 0.3) is 10.9 Å². The van der Waals surface area contributed by atoms with Gasteiger partial charge in [0.2, 0.25) is 5.91 Å². The molecule has 0 fully saturated rings. The number of primary amides is 1. The number of fused-ring (bicyclic) bond motifs is 3. The normalized spacial score (nSPS) is 13.1. The predicted molar refractivity (Wildman–Crippen MR) is 89.9 cm³/mol. The zero-order valence-electron chi connectivity index (χ0n) is 12.5. The standard InChI is InChI=1S/C12H13N.C7H7NO/c1-3-7-11-9(5-1)10-6-2-4-8-12(10)13-11;8-7(9)6-4-2-1-3-5-6/h1,3,5,7,13H,2,4,6,8H2;1-5H,(H2,8,9). The SMILES string of the molecule is NC(=O)c1ccccc1.c1ccc2c3c([nH]c2c1)CCCC3. The molecule has 0 saturated heterocycles. The number of carbonyl (C=O) groups is 1. The Bertz CT molecular complexity index is 774. The molecule has 0 saturated carbocycles. The van der Waals surface area contributed by atoms with Crippen LogP contribution in [0.15, 0.2) is 54.6 Å². The maximum absolute atomic E-state index is 10.4. The molecule has 0 radical (unpaired) electrons. The number of nitrogens with one attached hydrogen (secondary N) is 1. The summed E-state index contributed by atoms with van der Waals surface area (Å²) >= 11 is 0. The molecule has 0 spiro atoms. The molecule has 4 rings (SSSR count). The number of nitrogens with two attached hydrogens (primary N) is 1. The van der Waals surface area contributed by atoms with Gasteiger partial charge in [-0.1, -0.05) is 36.4 Å². The van der Waals surface area contributed by atoms with Gasteiger partial charge >= 0.3 is 0 Å². The average molecular weight is 292 g/mol. The van der Waals surface area contributed by atoms with Crippen molar-refractivity contribution in [2.75, 3.05) is 0 Å². The third-order valence-corrected chi connectivity index (χ3v) is 4.06. The Morgan fingerprint density at radius 2 is 1.59 bits per heavy atom. The van der Waals surface area contributed by atoms with Gasteiger partial charge in [-0.25, -0.2) is 0 Å². The first-order valence-electron chi connectivity index (χ1n) is 7.69. The van der Waals surface area contributed by atoms with Crippen LogP contribution in [0.5, 0.6) is 0 Å². The smallest absolute Gasteiger partial charge is 0.248 e. The number of carbonyl (C=O) groups excluding carboxylic acids is 1. The molecule has 1 heterocycles. The van der Waals surface area contributed by atoms with Crippen molar-refractivity contribution in [1.29, 1.82) is 0 Å². The summed E-state index contributed by atoms with van der Waals surface area (Å²) in [5.41, 5.74) is 9.89. The first-order chi connectivity index (χ1) is 10.8. The van der Waals surface area contributed by atoms with E-state index >= 15 is 0 Å². The van der Waals surface area contributed by atoms with Gasteiger partial charge in [0.1, 0.15) is 0 Å². The van der Waals surface area contributed by atoms with Crippen molar-refractivity contribution >= 4 is 16.8 Å². The molecule has 22 heavy (non-hydrogen) atoms. The van der Waals surface area contributed by atoms with E-state index < -0.39 is 0 Å². The van der Waals surface area contributed by atoms with Gasteiger partial charge in [-0.15, -0.1) is 0 Å². The van der Waals surface area contributed by atoms with E-state index in [-0.39, 0.29) is 5.91 Å². The van der Waals surface area contributed by atoms with Crippen molar-refractivity contribution in [1.82, 2.24) is 4.98 Å². The van der Waals surface area contributed by atoms with Crippen molar-refractivity contribution < 1.29 is 4.79 Å². The Balaban J connectivity index is 0.000000142. The molecule has 1 aliphatic rings. The van der Waals surface area contributed by atoms with E-state index in [1.54, 1.807) is 29.8 Å². The van der Waals surface area contributed by atoms with E-state index in [9.17, 15) is 4.79 Å². The highest BCUT2D eigenvalue weighted by Gasteiger charge is 2.13. The Hall–Kier alpha value is -2.55. The fraction of sp³-hybridized carbons (Fsp3) is 0.211. The molecule has 3 nitrogen and oxygen atoms in total. The highest BCUT2D eigenvalue weighted by atomic mass is 16.1. The number of amides is 1.